The summed E-state index contributed by atoms with van der Waals surface area (Å²) in [5.74, 6) is -0.768. The first-order valence-electron chi connectivity index (χ1n) is 9.69. The zero-order valence-electron chi connectivity index (χ0n) is 15.4. The highest BCUT2D eigenvalue weighted by molar-refractivity contribution is 6.05. The lowest BCUT2D eigenvalue weighted by molar-refractivity contribution is -0.136. The molecule has 2 fully saturated rings. The van der Waals surface area contributed by atoms with Crippen molar-refractivity contribution in [3.8, 4) is 0 Å². The minimum absolute atomic E-state index is 0.126. The van der Waals surface area contributed by atoms with Crippen LogP contribution in [0.2, 0.25) is 0 Å². The van der Waals surface area contributed by atoms with Crippen molar-refractivity contribution in [3.63, 3.8) is 0 Å². The Morgan fingerprint density at radius 1 is 1.26 bits per heavy atom. The number of hydrogen-bond donors (Lipinski definition) is 3. The van der Waals surface area contributed by atoms with Gasteiger partial charge >= 0.3 is 0 Å². The van der Waals surface area contributed by atoms with Gasteiger partial charge in [0.1, 0.15) is 6.04 Å². The van der Waals surface area contributed by atoms with E-state index in [1.54, 1.807) is 4.90 Å². The summed E-state index contributed by atoms with van der Waals surface area (Å²) < 4.78 is 0. The standard InChI is InChI=1S/C20H26N4O3/c21-11-20(7-2-8-20)12-22-9-13-3-1-4-14-15(13)10-24(19(14)27)16-5-6-17(25)23-18(16)26/h1,3-4,16,22H,2,5-12,21H2,(H,23,25,26). The van der Waals surface area contributed by atoms with Crippen molar-refractivity contribution < 1.29 is 14.4 Å². The maximum absolute atomic E-state index is 12.8. The molecule has 1 unspecified atom stereocenters. The number of nitrogens with two attached hydrogens (primary N) is 1. The molecule has 144 valence electrons. The Morgan fingerprint density at radius 2 is 2.07 bits per heavy atom. The SMILES string of the molecule is NCC1(CNCc2cccc3c2CN(C2CCC(=O)NC2=O)C3=O)CCC1. The van der Waals surface area contributed by atoms with E-state index in [0.29, 0.717) is 31.6 Å². The first kappa shape index (κ1) is 18.1. The zero-order chi connectivity index (χ0) is 19.0. The number of nitrogens with one attached hydrogen (secondary N) is 2. The minimum Gasteiger partial charge on any atom is -0.330 e. The number of imide groups is 1. The molecule has 1 aromatic rings. The smallest absolute Gasteiger partial charge is 0.255 e. The van der Waals surface area contributed by atoms with Crippen LogP contribution < -0.4 is 16.4 Å². The van der Waals surface area contributed by atoms with Crippen molar-refractivity contribution in [1.82, 2.24) is 15.5 Å². The molecule has 0 radical (unpaired) electrons. The summed E-state index contributed by atoms with van der Waals surface area (Å²) in [4.78, 5) is 38.0. The van der Waals surface area contributed by atoms with Crippen LogP contribution in [0.25, 0.3) is 0 Å². The molecule has 0 bridgehead atoms. The quantitative estimate of drug-likeness (QED) is 0.639. The van der Waals surface area contributed by atoms with E-state index in [9.17, 15) is 14.4 Å². The van der Waals surface area contributed by atoms with Gasteiger partial charge in [0.25, 0.3) is 5.91 Å². The van der Waals surface area contributed by atoms with E-state index in [2.05, 4.69) is 10.6 Å². The molecule has 3 aliphatic rings. The Bertz CT molecular complexity index is 782. The first-order chi connectivity index (χ1) is 13.0. The second-order valence-corrected chi connectivity index (χ2v) is 8.00. The fourth-order valence-electron chi connectivity index (χ4n) is 4.41. The largest absolute Gasteiger partial charge is 0.330 e. The summed E-state index contributed by atoms with van der Waals surface area (Å²) in [6.07, 6.45) is 4.24. The van der Waals surface area contributed by atoms with Gasteiger partial charge in [0.2, 0.25) is 11.8 Å². The molecular formula is C20H26N4O3. The van der Waals surface area contributed by atoms with E-state index in [4.69, 9.17) is 5.73 Å². The Hall–Kier alpha value is -2.25. The highest BCUT2D eigenvalue weighted by Gasteiger charge is 2.40. The van der Waals surface area contributed by atoms with E-state index >= 15 is 0 Å². The summed E-state index contributed by atoms with van der Waals surface area (Å²) in [6, 6.07) is 5.17. The molecule has 7 nitrogen and oxygen atoms in total. The highest BCUT2D eigenvalue weighted by Crippen LogP contribution is 2.39. The lowest BCUT2D eigenvalue weighted by atomic mass is 9.69. The van der Waals surface area contributed by atoms with Crippen molar-refractivity contribution in [1.29, 1.82) is 0 Å². The van der Waals surface area contributed by atoms with Crippen LogP contribution >= 0.6 is 0 Å². The zero-order valence-corrected chi connectivity index (χ0v) is 15.4. The number of rotatable bonds is 6. The molecule has 3 amide bonds. The first-order valence-corrected chi connectivity index (χ1v) is 9.69. The van der Waals surface area contributed by atoms with E-state index in [-0.39, 0.29) is 29.6 Å². The summed E-state index contributed by atoms with van der Waals surface area (Å²) in [7, 11) is 0. The van der Waals surface area contributed by atoms with E-state index in [1.807, 2.05) is 18.2 Å². The van der Waals surface area contributed by atoms with Gasteiger partial charge in [-0.3, -0.25) is 19.7 Å². The van der Waals surface area contributed by atoms with Crippen LogP contribution in [0.5, 0.6) is 0 Å². The molecular weight excluding hydrogens is 344 g/mol. The maximum Gasteiger partial charge on any atom is 0.255 e. The number of carbonyl (C=O) groups excluding carboxylic acids is 3. The van der Waals surface area contributed by atoms with Gasteiger partial charge in [0.05, 0.1) is 0 Å². The second-order valence-electron chi connectivity index (χ2n) is 8.00. The van der Waals surface area contributed by atoms with Gasteiger partial charge in [-0.15, -0.1) is 0 Å². The third-order valence-electron chi connectivity index (χ3n) is 6.34. The van der Waals surface area contributed by atoms with Gasteiger partial charge < -0.3 is 16.0 Å². The Labute approximate surface area is 158 Å². The summed E-state index contributed by atoms with van der Waals surface area (Å²) in [6.45, 7) is 2.69. The van der Waals surface area contributed by atoms with Gasteiger partial charge in [-0.25, -0.2) is 0 Å². The topological polar surface area (TPSA) is 105 Å². The highest BCUT2D eigenvalue weighted by atomic mass is 16.2. The van der Waals surface area contributed by atoms with Crippen LogP contribution in [0.1, 0.15) is 53.6 Å². The van der Waals surface area contributed by atoms with Crippen molar-refractivity contribution >= 4 is 17.7 Å². The Kier molecular flexibility index (Phi) is 4.74. The number of amides is 3. The maximum atomic E-state index is 12.8. The monoisotopic (exact) mass is 370 g/mol. The molecule has 1 atom stereocenters. The van der Waals surface area contributed by atoms with Crippen molar-refractivity contribution in [3.05, 3.63) is 34.9 Å². The minimum atomic E-state index is -0.570. The van der Waals surface area contributed by atoms with E-state index in [1.165, 1.54) is 19.3 Å². The number of benzene rings is 1. The fraction of sp³-hybridized carbons (Fsp3) is 0.550. The average Bonchev–Trinajstić information content (AvgIpc) is 2.95. The number of carbonyl (C=O) groups is 3. The molecule has 2 aliphatic heterocycles. The normalized spacial score (nSPS) is 23.8. The van der Waals surface area contributed by atoms with Crippen LogP contribution in [0.3, 0.4) is 0 Å². The lowest BCUT2D eigenvalue weighted by Crippen LogP contribution is -2.52. The van der Waals surface area contributed by atoms with Crippen LogP contribution in [0.15, 0.2) is 18.2 Å². The predicted octanol–water partition coefficient (Wildman–Crippen LogP) is 0.666. The van der Waals surface area contributed by atoms with Crippen LogP contribution in [0.4, 0.5) is 0 Å². The van der Waals surface area contributed by atoms with E-state index < -0.39 is 6.04 Å². The van der Waals surface area contributed by atoms with Gasteiger partial charge in [0.15, 0.2) is 0 Å². The molecule has 27 heavy (non-hydrogen) atoms. The molecule has 0 spiro atoms. The molecule has 7 heteroatoms. The third-order valence-corrected chi connectivity index (χ3v) is 6.34. The molecule has 4 N–H and O–H groups in total. The van der Waals surface area contributed by atoms with Gasteiger partial charge in [0, 0.05) is 31.6 Å². The molecule has 0 aromatic heterocycles. The van der Waals surface area contributed by atoms with Gasteiger partial charge in [-0.1, -0.05) is 18.6 Å². The number of hydrogen-bond acceptors (Lipinski definition) is 5. The lowest BCUT2D eigenvalue weighted by Gasteiger charge is -2.41. The number of fused-ring (bicyclic) bond motifs is 1. The van der Waals surface area contributed by atoms with Crippen molar-refractivity contribution in [2.24, 2.45) is 11.1 Å². The number of piperidine rings is 1. The third kappa shape index (κ3) is 3.26. The summed E-state index contributed by atoms with van der Waals surface area (Å²) in [5, 5.41) is 5.86. The fourth-order valence-corrected chi connectivity index (χ4v) is 4.41. The molecule has 1 aliphatic carbocycles. The van der Waals surface area contributed by atoms with Crippen molar-refractivity contribution in [2.75, 3.05) is 13.1 Å². The molecule has 1 saturated carbocycles. The predicted molar refractivity (Wildman–Crippen MR) is 99.5 cm³/mol. The number of nitrogens with zero attached hydrogens (tertiary/aromatic N) is 1. The Morgan fingerprint density at radius 3 is 2.74 bits per heavy atom. The van der Waals surface area contributed by atoms with Gasteiger partial charge in [-0.2, -0.15) is 0 Å². The van der Waals surface area contributed by atoms with Gasteiger partial charge in [-0.05, 0) is 48.4 Å². The summed E-state index contributed by atoms with van der Waals surface area (Å²) >= 11 is 0. The molecule has 4 rings (SSSR count). The molecule has 1 aromatic carbocycles. The van der Waals surface area contributed by atoms with E-state index in [0.717, 1.165) is 17.7 Å². The molecule has 2 heterocycles. The second kappa shape index (κ2) is 7.05. The average molecular weight is 370 g/mol. The van der Waals surface area contributed by atoms with Crippen LogP contribution in [-0.4, -0.2) is 41.8 Å². The Balaban J connectivity index is 1.46. The molecule has 1 saturated heterocycles. The van der Waals surface area contributed by atoms with Crippen molar-refractivity contribution in [2.45, 2.75) is 51.2 Å². The van der Waals surface area contributed by atoms with Crippen LogP contribution in [-0.2, 0) is 22.7 Å². The van der Waals surface area contributed by atoms with Crippen LogP contribution in [0, 0.1) is 5.41 Å². The summed E-state index contributed by atoms with van der Waals surface area (Å²) in [5.41, 5.74) is 8.89.